The van der Waals surface area contributed by atoms with Crippen LogP contribution in [0.2, 0.25) is 0 Å². The van der Waals surface area contributed by atoms with Gasteiger partial charge in [0.05, 0.1) is 13.2 Å². The zero-order valence-electron chi connectivity index (χ0n) is 13.8. The molecule has 0 amide bonds. The van der Waals surface area contributed by atoms with Crippen molar-refractivity contribution < 1.29 is 23.3 Å². The highest BCUT2D eigenvalue weighted by Crippen LogP contribution is 2.30. The van der Waals surface area contributed by atoms with E-state index in [9.17, 15) is 4.39 Å². The fourth-order valence-electron chi connectivity index (χ4n) is 2.48. The molecular weight excluding hydrogens is 311 g/mol. The van der Waals surface area contributed by atoms with Crippen molar-refractivity contribution >= 4 is 0 Å². The minimum Gasteiger partial charge on any atom is -0.488 e. The largest absolute Gasteiger partial charge is 0.488 e. The van der Waals surface area contributed by atoms with Crippen molar-refractivity contribution in [2.24, 2.45) is 5.92 Å². The van der Waals surface area contributed by atoms with Crippen molar-refractivity contribution in [2.75, 3.05) is 19.8 Å². The molecule has 1 heterocycles. The van der Waals surface area contributed by atoms with Gasteiger partial charge in [-0.25, -0.2) is 4.39 Å². The maximum absolute atomic E-state index is 12.9. The summed E-state index contributed by atoms with van der Waals surface area (Å²) >= 11 is 0. The Morgan fingerprint density at radius 2 is 1.42 bits per heavy atom. The Hall–Kier alpha value is -2.11. The van der Waals surface area contributed by atoms with Crippen LogP contribution in [0.5, 0.6) is 17.2 Å². The molecule has 1 aliphatic rings. The van der Waals surface area contributed by atoms with Crippen molar-refractivity contribution in [1.82, 2.24) is 0 Å². The van der Waals surface area contributed by atoms with Crippen molar-refractivity contribution in [3.05, 3.63) is 54.3 Å². The van der Waals surface area contributed by atoms with Gasteiger partial charge in [-0.1, -0.05) is 13.8 Å². The molecule has 128 valence electrons. The molecule has 0 atom stereocenters. The molecule has 0 bridgehead atoms. The molecule has 0 spiro atoms. The molecule has 0 saturated carbocycles. The van der Waals surface area contributed by atoms with Gasteiger partial charge in [-0.3, -0.25) is 0 Å². The SMILES string of the molecule is CC(C)C1(COc2ccc(Oc3ccc(F)cc3)cc2)OCCO1. The predicted octanol–water partition coefficient (Wildman–Crippen LogP) is 4.40. The molecule has 4 nitrogen and oxygen atoms in total. The van der Waals surface area contributed by atoms with Gasteiger partial charge in [0, 0.05) is 5.92 Å². The van der Waals surface area contributed by atoms with Gasteiger partial charge >= 0.3 is 0 Å². The zero-order chi connectivity index (χ0) is 17.0. The molecule has 2 aromatic carbocycles. The summed E-state index contributed by atoms with van der Waals surface area (Å²) in [7, 11) is 0. The van der Waals surface area contributed by atoms with Crippen LogP contribution in [0.15, 0.2) is 48.5 Å². The van der Waals surface area contributed by atoms with Crippen molar-refractivity contribution in [2.45, 2.75) is 19.6 Å². The molecule has 0 unspecified atom stereocenters. The molecule has 1 fully saturated rings. The summed E-state index contributed by atoms with van der Waals surface area (Å²) in [6.07, 6.45) is 0. The second-order valence-electron chi connectivity index (χ2n) is 5.98. The number of halogens is 1. The average molecular weight is 332 g/mol. The zero-order valence-corrected chi connectivity index (χ0v) is 13.8. The Balaban J connectivity index is 1.59. The van der Waals surface area contributed by atoms with Gasteiger partial charge in [-0.2, -0.15) is 0 Å². The maximum atomic E-state index is 12.9. The van der Waals surface area contributed by atoms with E-state index >= 15 is 0 Å². The monoisotopic (exact) mass is 332 g/mol. The van der Waals surface area contributed by atoms with Crippen LogP contribution < -0.4 is 9.47 Å². The third kappa shape index (κ3) is 3.86. The van der Waals surface area contributed by atoms with E-state index in [-0.39, 0.29) is 11.7 Å². The minimum absolute atomic E-state index is 0.195. The summed E-state index contributed by atoms with van der Waals surface area (Å²) in [6, 6.07) is 13.1. The lowest BCUT2D eigenvalue weighted by Crippen LogP contribution is -2.42. The molecule has 1 aliphatic heterocycles. The summed E-state index contributed by atoms with van der Waals surface area (Å²) in [5.41, 5.74) is 0. The van der Waals surface area contributed by atoms with Crippen LogP contribution in [0, 0.1) is 11.7 Å². The normalized spacial score (nSPS) is 16.3. The summed E-state index contributed by atoms with van der Waals surface area (Å²) in [5.74, 6) is 1.17. The fourth-order valence-corrected chi connectivity index (χ4v) is 2.48. The first-order valence-electron chi connectivity index (χ1n) is 8.02. The Morgan fingerprint density at radius 3 is 1.96 bits per heavy atom. The van der Waals surface area contributed by atoms with E-state index in [2.05, 4.69) is 0 Å². The van der Waals surface area contributed by atoms with E-state index in [4.69, 9.17) is 18.9 Å². The first-order valence-corrected chi connectivity index (χ1v) is 8.02. The highest BCUT2D eigenvalue weighted by Gasteiger charge is 2.40. The summed E-state index contributed by atoms with van der Waals surface area (Å²) in [6.45, 7) is 5.61. The molecule has 3 rings (SSSR count). The Bertz CT molecular complexity index is 646. The molecule has 5 heteroatoms. The number of rotatable bonds is 6. The van der Waals surface area contributed by atoms with Crippen LogP contribution in [0.1, 0.15) is 13.8 Å². The second kappa shape index (κ2) is 7.20. The third-order valence-corrected chi connectivity index (χ3v) is 3.97. The summed E-state index contributed by atoms with van der Waals surface area (Å²) in [4.78, 5) is 0. The van der Waals surface area contributed by atoms with E-state index in [1.807, 2.05) is 26.0 Å². The molecule has 24 heavy (non-hydrogen) atoms. The molecule has 0 radical (unpaired) electrons. The lowest BCUT2D eigenvalue weighted by atomic mass is 10.0. The molecule has 2 aromatic rings. The number of ether oxygens (including phenoxy) is 4. The standard InChI is InChI=1S/C19H21FO4/c1-14(2)19(22-11-12-23-19)13-21-16-7-9-18(10-8-16)24-17-5-3-15(20)4-6-17/h3-10,14H,11-13H2,1-2H3. The molecule has 0 aromatic heterocycles. The average Bonchev–Trinajstić information content (AvgIpc) is 3.07. The van der Waals surface area contributed by atoms with Gasteiger partial charge in [0.1, 0.15) is 29.7 Å². The molecular formula is C19H21FO4. The topological polar surface area (TPSA) is 36.9 Å². The fraction of sp³-hybridized carbons (Fsp3) is 0.368. The van der Waals surface area contributed by atoms with Gasteiger partial charge in [-0.05, 0) is 48.5 Å². The van der Waals surface area contributed by atoms with Crippen molar-refractivity contribution in [3.63, 3.8) is 0 Å². The summed E-state index contributed by atoms with van der Waals surface area (Å²) < 4.78 is 35.8. The van der Waals surface area contributed by atoms with Crippen LogP contribution in [0.3, 0.4) is 0 Å². The number of hydrogen-bond donors (Lipinski definition) is 0. The molecule has 1 saturated heterocycles. The van der Waals surface area contributed by atoms with Gasteiger partial charge in [0.2, 0.25) is 5.79 Å². The van der Waals surface area contributed by atoms with E-state index in [0.717, 1.165) is 0 Å². The maximum Gasteiger partial charge on any atom is 0.205 e. The lowest BCUT2D eigenvalue weighted by molar-refractivity contribution is -0.205. The third-order valence-electron chi connectivity index (χ3n) is 3.97. The Kier molecular flexibility index (Phi) is 5.02. The number of benzene rings is 2. The van der Waals surface area contributed by atoms with Gasteiger partial charge in [0.25, 0.3) is 0 Å². The van der Waals surface area contributed by atoms with E-state index < -0.39 is 5.79 Å². The van der Waals surface area contributed by atoms with E-state index in [1.54, 1.807) is 24.3 Å². The van der Waals surface area contributed by atoms with Crippen LogP contribution in [0.25, 0.3) is 0 Å². The smallest absolute Gasteiger partial charge is 0.205 e. The highest BCUT2D eigenvalue weighted by atomic mass is 19.1. The van der Waals surface area contributed by atoms with E-state index in [1.165, 1.54) is 12.1 Å². The Labute approximate surface area is 141 Å². The van der Waals surface area contributed by atoms with Crippen LogP contribution in [-0.2, 0) is 9.47 Å². The van der Waals surface area contributed by atoms with E-state index in [0.29, 0.717) is 37.1 Å². The van der Waals surface area contributed by atoms with Crippen LogP contribution >= 0.6 is 0 Å². The van der Waals surface area contributed by atoms with Gasteiger partial charge < -0.3 is 18.9 Å². The summed E-state index contributed by atoms with van der Waals surface area (Å²) in [5, 5.41) is 0. The van der Waals surface area contributed by atoms with Crippen molar-refractivity contribution in [3.8, 4) is 17.2 Å². The highest BCUT2D eigenvalue weighted by molar-refractivity contribution is 5.35. The van der Waals surface area contributed by atoms with Crippen molar-refractivity contribution in [1.29, 1.82) is 0 Å². The van der Waals surface area contributed by atoms with Crippen LogP contribution in [0.4, 0.5) is 4.39 Å². The quantitative estimate of drug-likeness (QED) is 0.786. The first-order chi connectivity index (χ1) is 11.6. The predicted molar refractivity (Wildman–Crippen MR) is 87.9 cm³/mol. The molecule has 0 aliphatic carbocycles. The van der Waals surface area contributed by atoms with Gasteiger partial charge in [0.15, 0.2) is 0 Å². The Morgan fingerprint density at radius 1 is 0.917 bits per heavy atom. The second-order valence-corrected chi connectivity index (χ2v) is 5.98. The first kappa shape index (κ1) is 16.7. The minimum atomic E-state index is -0.677. The number of hydrogen-bond acceptors (Lipinski definition) is 4. The van der Waals surface area contributed by atoms with Crippen LogP contribution in [-0.4, -0.2) is 25.6 Å². The van der Waals surface area contributed by atoms with Gasteiger partial charge in [-0.15, -0.1) is 0 Å². The lowest BCUT2D eigenvalue weighted by Gasteiger charge is -2.31. The molecule has 0 N–H and O–H groups in total.